The van der Waals surface area contributed by atoms with Crippen LogP contribution >= 0.6 is 0 Å². The van der Waals surface area contributed by atoms with Crippen LogP contribution in [0, 0.1) is 0 Å². The van der Waals surface area contributed by atoms with Gasteiger partial charge in [-0.05, 0) is 0 Å². The second-order valence-electron chi connectivity index (χ2n) is 5.96. The molecule has 0 aromatic carbocycles. The van der Waals surface area contributed by atoms with Crippen LogP contribution in [0.2, 0.25) is 0 Å². The van der Waals surface area contributed by atoms with E-state index in [0.29, 0.717) is 0 Å². The fourth-order valence-corrected chi connectivity index (χ4v) is 1.56. The summed E-state index contributed by atoms with van der Waals surface area (Å²) in [7, 11) is 0. The Morgan fingerprint density at radius 3 is 0.914 bits per heavy atom. The lowest BCUT2D eigenvalue weighted by atomic mass is 9.97. The SMILES string of the molecule is O=C(O)C(F)(F)C(F)(F)C(F)(F)C(F)(F)C(F)(F)OC(F)(F)C(F)(F)C(F)(F)C(F)(F)C(F)(F)F. The van der Waals surface area contributed by atoms with Gasteiger partial charge in [0.05, 0.1) is 0 Å². The Balaban J connectivity index is 6.71. The van der Waals surface area contributed by atoms with Crippen LogP contribution in [0.15, 0.2) is 0 Å². The maximum atomic E-state index is 13.2. The summed E-state index contributed by atoms with van der Waals surface area (Å²) in [6.07, 6.45) is -25.0. The topological polar surface area (TPSA) is 46.5 Å². The van der Waals surface area contributed by atoms with Gasteiger partial charge in [0, 0.05) is 0 Å². The number of carboxylic acid groups (broad SMARTS) is 1. The predicted octanol–water partition coefficient (Wildman–Crippen LogP) is 6.28. The molecular weight excluding hydrogens is 579 g/mol. The van der Waals surface area contributed by atoms with Gasteiger partial charge >= 0.3 is 65.8 Å². The second kappa shape index (κ2) is 7.98. The van der Waals surface area contributed by atoms with E-state index in [1.54, 1.807) is 0 Å². The van der Waals surface area contributed by atoms with Crippen molar-refractivity contribution >= 4 is 5.97 Å². The number of carboxylic acids is 1. The van der Waals surface area contributed by atoms with Crippen LogP contribution in [0.5, 0.6) is 0 Å². The largest absolute Gasteiger partial charge is 0.477 e. The molecule has 3 nitrogen and oxygen atoms in total. The van der Waals surface area contributed by atoms with Crippen LogP contribution in [0.3, 0.4) is 0 Å². The van der Waals surface area contributed by atoms with Gasteiger partial charge in [0.15, 0.2) is 0 Å². The molecule has 210 valence electrons. The molecule has 0 fully saturated rings. The van der Waals surface area contributed by atoms with Gasteiger partial charge in [-0.1, -0.05) is 0 Å². The number of hydrogen-bond acceptors (Lipinski definition) is 2. The molecule has 0 spiro atoms. The number of ether oxygens (including phenoxy) is 1. The summed E-state index contributed by atoms with van der Waals surface area (Å²) in [5, 5.41) is 7.64. The molecule has 0 bridgehead atoms. The van der Waals surface area contributed by atoms with Crippen molar-refractivity contribution in [2.75, 3.05) is 0 Å². The molecule has 0 aliphatic carbocycles. The van der Waals surface area contributed by atoms with Gasteiger partial charge in [-0.2, -0.15) is 92.2 Å². The normalized spacial score (nSPS) is 16.5. The van der Waals surface area contributed by atoms with Crippen molar-refractivity contribution in [3.8, 4) is 0 Å². The second-order valence-corrected chi connectivity index (χ2v) is 5.96. The first kappa shape index (κ1) is 33.0. The van der Waals surface area contributed by atoms with Gasteiger partial charge in [0.2, 0.25) is 0 Å². The summed E-state index contributed by atoms with van der Waals surface area (Å²) in [4.78, 5) is 9.84. The highest BCUT2D eigenvalue weighted by Crippen LogP contribution is 2.61. The third kappa shape index (κ3) is 4.27. The molecule has 0 saturated carbocycles. The van der Waals surface area contributed by atoms with E-state index in [2.05, 4.69) is 0 Å². The van der Waals surface area contributed by atoms with Crippen LogP contribution in [0.25, 0.3) is 0 Å². The Morgan fingerprint density at radius 2 is 0.686 bits per heavy atom. The maximum absolute atomic E-state index is 13.2. The minimum absolute atomic E-state index is 0.851. The minimum atomic E-state index is -8.72. The van der Waals surface area contributed by atoms with Crippen molar-refractivity contribution in [2.24, 2.45) is 0 Å². The predicted molar refractivity (Wildman–Crippen MR) is 59.3 cm³/mol. The summed E-state index contributed by atoms with van der Waals surface area (Å²) in [5.74, 6) is -63.2. The molecule has 0 aliphatic heterocycles. The van der Waals surface area contributed by atoms with Crippen molar-refractivity contribution in [1.29, 1.82) is 0 Å². The molecule has 0 unspecified atom stereocenters. The smallest absolute Gasteiger partial charge is 0.460 e. The molecule has 35 heavy (non-hydrogen) atoms. The minimum Gasteiger partial charge on any atom is -0.477 e. The number of rotatable bonds is 10. The highest BCUT2D eigenvalue weighted by Gasteiger charge is 2.92. The standard InChI is InChI=1S/C11HF21O3/c12-2(13,1(33)34)3(14,15)4(16,17)7(22,23)10(29,30)35-11(31,32)8(24,25)5(18,19)6(20,21)9(26,27)28/h(H,33,34). The molecule has 24 heteroatoms. The average Bonchev–Trinajstić information content (AvgIpc) is 2.58. The van der Waals surface area contributed by atoms with Crippen LogP contribution in [-0.2, 0) is 9.53 Å². The summed E-state index contributed by atoms with van der Waals surface area (Å²) < 4.78 is 269. The molecule has 0 atom stereocenters. The van der Waals surface area contributed by atoms with E-state index >= 15 is 0 Å². The lowest BCUT2D eigenvalue weighted by Crippen LogP contribution is -2.72. The van der Waals surface area contributed by atoms with Gasteiger partial charge in [-0.15, -0.1) is 0 Å². The Kier molecular flexibility index (Phi) is 7.51. The van der Waals surface area contributed by atoms with E-state index in [1.165, 1.54) is 0 Å². The molecule has 0 aliphatic rings. The summed E-state index contributed by atoms with van der Waals surface area (Å²) >= 11 is 0. The van der Waals surface area contributed by atoms with E-state index < -0.39 is 65.8 Å². The van der Waals surface area contributed by atoms with Gasteiger partial charge in [-0.25, -0.2) is 9.53 Å². The summed E-state index contributed by atoms with van der Waals surface area (Å²) in [5.41, 5.74) is 0. The molecule has 0 saturated heterocycles. The van der Waals surface area contributed by atoms with Gasteiger partial charge in [-0.3, -0.25) is 0 Å². The van der Waals surface area contributed by atoms with E-state index in [4.69, 9.17) is 5.11 Å². The first-order valence-electron chi connectivity index (χ1n) is 7.05. The quantitative estimate of drug-likeness (QED) is 0.310. The Hall–Kier alpha value is -2.04. The summed E-state index contributed by atoms with van der Waals surface area (Å²) in [6.45, 7) is 0. The molecule has 0 heterocycles. The van der Waals surface area contributed by atoms with E-state index in [1.807, 2.05) is 0 Å². The number of hydrogen-bond donors (Lipinski definition) is 1. The fraction of sp³-hybridized carbons (Fsp3) is 0.909. The first-order chi connectivity index (χ1) is 14.7. The molecule has 0 aromatic heterocycles. The van der Waals surface area contributed by atoms with Crippen LogP contribution in [0.4, 0.5) is 92.2 Å². The number of alkyl halides is 21. The zero-order valence-corrected chi connectivity index (χ0v) is 14.7. The van der Waals surface area contributed by atoms with Crippen LogP contribution in [-0.4, -0.2) is 70.9 Å². The van der Waals surface area contributed by atoms with Crippen molar-refractivity contribution in [1.82, 2.24) is 0 Å². The van der Waals surface area contributed by atoms with Gasteiger partial charge < -0.3 is 5.11 Å². The zero-order valence-electron chi connectivity index (χ0n) is 14.7. The molecular formula is C11HF21O3. The van der Waals surface area contributed by atoms with Crippen molar-refractivity contribution < 1.29 is 107 Å². The molecule has 0 aromatic rings. The monoisotopic (exact) mass is 580 g/mol. The Bertz CT molecular complexity index is 808. The molecule has 0 radical (unpaired) electrons. The molecule has 1 N–H and O–H groups in total. The van der Waals surface area contributed by atoms with Crippen LogP contribution in [0.1, 0.15) is 0 Å². The van der Waals surface area contributed by atoms with Crippen LogP contribution < -0.4 is 0 Å². The van der Waals surface area contributed by atoms with Gasteiger partial charge in [0.25, 0.3) is 0 Å². The number of aliphatic carboxylic acids is 1. The third-order valence-corrected chi connectivity index (χ3v) is 3.58. The highest BCUT2D eigenvalue weighted by molar-refractivity contribution is 5.77. The lowest BCUT2D eigenvalue weighted by Gasteiger charge is -2.41. The van der Waals surface area contributed by atoms with Crippen molar-refractivity contribution in [3.63, 3.8) is 0 Å². The van der Waals surface area contributed by atoms with E-state index in [-0.39, 0.29) is 0 Å². The Morgan fingerprint density at radius 1 is 0.429 bits per heavy atom. The first-order valence-corrected chi connectivity index (χ1v) is 7.05. The lowest BCUT2D eigenvalue weighted by molar-refractivity contribution is -0.523. The fourth-order valence-electron chi connectivity index (χ4n) is 1.56. The van der Waals surface area contributed by atoms with E-state index in [0.717, 1.165) is 4.74 Å². The van der Waals surface area contributed by atoms with Crippen molar-refractivity contribution in [3.05, 3.63) is 0 Å². The zero-order chi connectivity index (χ0) is 29.3. The third-order valence-electron chi connectivity index (χ3n) is 3.58. The van der Waals surface area contributed by atoms with Crippen molar-refractivity contribution in [2.45, 2.75) is 59.9 Å². The Labute approximate surface area is 174 Å². The summed E-state index contributed by atoms with van der Waals surface area (Å²) in [6, 6.07) is 0. The maximum Gasteiger partial charge on any atom is 0.460 e. The van der Waals surface area contributed by atoms with Gasteiger partial charge in [0.1, 0.15) is 0 Å². The molecule has 0 amide bonds. The molecule has 0 rings (SSSR count). The highest BCUT2D eigenvalue weighted by atomic mass is 19.4. The average molecular weight is 580 g/mol. The number of halogens is 21. The number of carbonyl (C=O) groups is 1. The van der Waals surface area contributed by atoms with E-state index in [9.17, 15) is 97.0 Å².